The Labute approximate surface area is 267 Å². The van der Waals surface area contributed by atoms with Crippen LogP contribution in [0.4, 0.5) is 11.4 Å². The lowest BCUT2D eigenvalue weighted by Gasteiger charge is -2.36. The van der Waals surface area contributed by atoms with Gasteiger partial charge < -0.3 is 29.6 Å². The van der Waals surface area contributed by atoms with E-state index in [2.05, 4.69) is 111 Å². The van der Waals surface area contributed by atoms with Gasteiger partial charge in [0.2, 0.25) is 0 Å². The van der Waals surface area contributed by atoms with Crippen LogP contribution < -0.4 is 16.9 Å². The lowest BCUT2D eigenvalue weighted by atomic mass is 9.75. The van der Waals surface area contributed by atoms with Crippen LogP contribution in [0.2, 0.25) is 36.3 Å². The Kier molecular flexibility index (Phi) is 11.5. The fraction of sp³-hybridized carbons (Fsp3) is 0.625. The molecular weight excluding hydrogens is 623 g/mol. The number of benzene rings is 2. The zero-order valence-corrected chi connectivity index (χ0v) is 32.2. The quantitative estimate of drug-likeness (QED) is 0.225. The molecule has 3 rings (SSSR count). The van der Waals surface area contributed by atoms with E-state index in [1.54, 1.807) is 0 Å². The Bertz CT molecular complexity index is 1190. The number of hydrogen-bond acceptors (Lipinski definition) is 6. The van der Waals surface area contributed by atoms with E-state index >= 15 is 0 Å². The van der Waals surface area contributed by atoms with Crippen molar-refractivity contribution >= 4 is 56.5 Å². The minimum Gasteiger partial charge on any atom is -0.412 e. The maximum Gasteiger partial charge on any atom is 0.495 e. The molecule has 0 bridgehead atoms. The average Bonchev–Trinajstić information content (AvgIpc) is 3.03. The molecule has 6 nitrogen and oxygen atoms in total. The summed E-state index contributed by atoms with van der Waals surface area (Å²) in [5, 5.41) is 0.379. The summed E-state index contributed by atoms with van der Waals surface area (Å²) in [5.41, 5.74) is 16.0. The molecule has 0 spiro atoms. The molecule has 0 saturated carbocycles. The van der Waals surface area contributed by atoms with Crippen LogP contribution in [0, 0.1) is 0 Å². The van der Waals surface area contributed by atoms with Crippen molar-refractivity contribution in [2.24, 2.45) is 0 Å². The summed E-state index contributed by atoms with van der Waals surface area (Å²) in [5.74, 6) is 0. The molecule has 0 atom stereocenters. The molecule has 0 amide bonds. The van der Waals surface area contributed by atoms with E-state index < -0.39 is 23.8 Å². The number of anilines is 2. The Morgan fingerprint density at radius 2 is 1.10 bits per heavy atom. The molecule has 1 saturated heterocycles. The third-order valence-electron chi connectivity index (χ3n) is 9.68. The fourth-order valence-electron chi connectivity index (χ4n) is 3.65. The molecule has 2 aromatic carbocycles. The van der Waals surface area contributed by atoms with Gasteiger partial charge in [-0.3, -0.25) is 0 Å². The Morgan fingerprint density at radius 3 is 1.50 bits per heavy atom. The minimum absolute atomic E-state index is 0.154. The molecule has 0 radical (unpaired) electrons. The summed E-state index contributed by atoms with van der Waals surface area (Å²) in [7, 11) is -4.00. The molecule has 236 valence electrons. The molecule has 42 heavy (non-hydrogen) atoms. The van der Waals surface area contributed by atoms with Crippen LogP contribution in [-0.4, -0.2) is 35.0 Å². The molecule has 1 aliphatic heterocycles. The molecular formula is C32H56BBrN2O4Si2. The minimum atomic E-state index is -1.87. The monoisotopic (exact) mass is 678 g/mol. The predicted molar refractivity (Wildman–Crippen MR) is 189 cm³/mol. The highest BCUT2D eigenvalue weighted by atomic mass is 79.9. The topological polar surface area (TPSA) is 89.0 Å². The number of nitrogen functional groups attached to an aromatic ring is 2. The van der Waals surface area contributed by atoms with E-state index in [-0.39, 0.29) is 21.3 Å². The van der Waals surface area contributed by atoms with Gasteiger partial charge in [0.15, 0.2) is 16.6 Å². The summed E-state index contributed by atoms with van der Waals surface area (Å²) >= 11 is 3.52. The van der Waals surface area contributed by atoms with Crippen molar-refractivity contribution in [2.75, 3.05) is 11.5 Å². The second-order valence-electron chi connectivity index (χ2n) is 15.4. The van der Waals surface area contributed by atoms with Crippen LogP contribution in [0.25, 0.3) is 0 Å². The molecule has 1 fully saturated rings. The van der Waals surface area contributed by atoms with Crippen LogP contribution in [-0.2, 0) is 31.4 Å². The lowest BCUT2D eigenvalue weighted by Crippen LogP contribution is -2.42. The van der Waals surface area contributed by atoms with Gasteiger partial charge in [-0.25, -0.2) is 0 Å². The first-order chi connectivity index (χ1) is 18.8. The van der Waals surface area contributed by atoms with E-state index in [0.717, 1.165) is 32.4 Å². The highest BCUT2D eigenvalue weighted by Crippen LogP contribution is 2.40. The standard InChI is InChI=1S/C19H34BNO3Si.C13H22BrNOSi/c1-17(2,3)25(8,9)22-13-14-15(11-10-12-16(14)21)20-23-18(4,5)19(6,7)24-20;1-13(2,3)17(4,5)16-9-10-11(14)7-6-8-12(10)15/h10-12H,13,21H2,1-9H3;6-8H,9,15H2,1-5H3. The summed E-state index contributed by atoms with van der Waals surface area (Å²) in [4.78, 5) is 0. The second kappa shape index (κ2) is 13.1. The van der Waals surface area contributed by atoms with Crippen LogP contribution in [0.5, 0.6) is 0 Å². The van der Waals surface area contributed by atoms with E-state index in [9.17, 15) is 0 Å². The first-order valence-electron chi connectivity index (χ1n) is 14.9. The van der Waals surface area contributed by atoms with Gasteiger partial charge >= 0.3 is 7.12 Å². The van der Waals surface area contributed by atoms with E-state index in [1.807, 2.05) is 36.4 Å². The Morgan fingerprint density at radius 1 is 0.714 bits per heavy atom. The van der Waals surface area contributed by atoms with Gasteiger partial charge in [-0.2, -0.15) is 0 Å². The smallest absolute Gasteiger partial charge is 0.412 e. The van der Waals surface area contributed by atoms with Crippen molar-refractivity contribution in [3.8, 4) is 0 Å². The maximum atomic E-state index is 6.41. The van der Waals surface area contributed by atoms with Gasteiger partial charge in [-0.05, 0) is 93.2 Å². The van der Waals surface area contributed by atoms with Crippen molar-refractivity contribution in [1.82, 2.24) is 0 Å². The number of rotatable bonds is 7. The zero-order chi connectivity index (χ0) is 32.5. The fourth-order valence-corrected chi connectivity index (χ4v) is 6.02. The zero-order valence-electron chi connectivity index (χ0n) is 28.6. The summed E-state index contributed by atoms with van der Waals surface area (Å²) in [6.45, 7) is 31.8. The largest absolute Gasteiger partial charge is 0.495 e. The molecule has 0 unspecified atom stereocenters. The summed E-state index contributed by atoms with van der Waals surface area (Å²) in [6.07, 6.45) is 0. The SMILES string of the molecule is CC(C)(C)[Si](C)(C)OCc1c(N)cccc1Br.CC1(C)OB(c2cccc(N)c2CO[Si](C)(C)C(C)(C)C)OC1(C)C. The number of hydrogen-bond donors (Lipinski definition) is 2. The van der Waals surface area contributed by atoms with Crippen LogP contribution in [0.15, 0.2) is 40.9 Å². The lowest BCUT2D eigenvalue weighted by molar-refractivity contribution is 0.00578. The molecule has 1 heterocycles. The predicted octanol–water partition coefficient (Wildman–Crippen LogP) is 8.64. The van der Waals surface area contributed by atoms with Crippen LogP contribution in [0.1, 0.15) is 80.4 Å². The average molecular weight is 680 g/mol. The molecule has 1 aliphatic rings. The number of nitrogens with two attached hydrogens (primary N) is 2. The summed E-state index contributed by atoms with van der Waals surface area (Å²) in [6, 6.07) is 11.7. The molecule has 0 aliphatic carbocycles. The first-order valence-corrected chi connectivity index (χ1v) is 21.5. The molecule has 4 N–H and O–H groups in total. The van der Waals surface area contributed by atoms with Crippen molar-refractivity contribution in [3.63, 3.8) is 0 Å². The molecule has 10 heteroatoms. The van der Waals surface area contributed by atoms with E-state index in [1.165, 1.54) is 0 Å². The van der Waals surface area contributed by atoms with E-state index in [0.29, 0.717) is 13.2 Å². The first kappa shape index (κ1) is 37.0. The van der Waals surface area contributed by atoms with Crippen molar-refractivity contribution in [3.05, 3.63) is 52.0 Å². The molecule has 0 aromatic heterocycles. The van der Waals surface area contributed by atoms with Gasteiger partial charge in [0.05, 0.1) is 24.4 Å². The van der Waals surface area contributed by atoms with Gasteiger partial charge in [0.1, 0.15) is 0 Å². The second-order valence-corrected chi connectivity index (χ2v) is 25.9. The van der Waals surface area contributed by atoms with Gasteiger partial charge in [0.25, 0.3) is 0 Å². The van der Waals surface area contributed by atoms with Gasteiger partial charge in [-0.15, -0.1) is 0 Å². The van der Waals surface area contributed by atoms with Gasteiger partial charge in [0, 0.05) is 21.4 Å². The van der Waals surface area contributed by atoms with Crippen LogP contribution >= 0.6 is 15.9 Å². The highest BCUT2D eigenvalue weighted by Gasteiger charge is 2.52. The Balaban J connectivity index is 0.000000317. The van der Waals surface area contributed by atoms with Crippen molar-refractivity contribution in [1.29, 1.82) is 0 Å². The Hall–Kier alpha value is -1.14. The highest BCUT2D eigenvalue weighted by molar-refractivity contribution is 9.10. The summed E-state index contributed by atoms with van der Waals surface area (Å²) < 4.78 is 26.1. The maximum absolute atomic E-state index is 6.41. The third kappa shape index (κ3) is 8.73. The third-order valence-corrected chi connectivity index (χ3v) is 19.4. The van der Waals surface area contributed by atoms with E-state index in [4.69, 9.17) is 29.6 Å². The van der Waals surface area contributed by atoms with Crippen molar-refractivity contribution < 1.29 is 18.2 Å². The van der Waals surface area contributed by atoms with Crippen LogP contribution in [0.3, 0.4) is 0 Å². The normalized spacial score (nSPS) is 17.2. The van der Waals surface area contributed by atoms with Crippen molar-refractivity contribution in [2.45, 2.75) is 130 Å². The number of halogens is 1. The molecule has 2 aromatic rings. The van der Waals surface area contributed by atoms with Gasteiger partial charge in [-0.1, -0.05) is 75.7 Å².